The van der Waals surface area contributed by atoms with Crippen LogP contribution in [0.4, 0.5) is 5.69 Å². The Labute approximate surface area is 120 Å². The van der Waals surface area contributed by atoms with Crippen molar-refractivity contribution in [2.24, 2.45) is 5.92 Å². The lowest BCUT2D eigenvalue weighted by Crippen LogP contribution is -2.24. The first kappa shape index (κ1) is 15.1. The summed E-state index contributed by atoms with van der Waals surface area (Å²) < 4.78 is 31.8. The van der Waals surface area contributed by atoms with Crippen LogP contribution in [0.3, 0.4) is 0 Å². The van der Waals surface area contributed by atoms with Gasteiger partial charge in [0.2, 0.25) is 10.0 Å². The summed E-state index contributed by atoms with van der Waals surface area (Å²) in [6.45, 7) is 2.24. The fourth-order valence-electron chi connectivity index (χ4n) is 2.43. The Morgan fingerprint density at radius 3 is 2.50 bits per heavy atom. The number of nitrogen functional groups attached to an aromatic ring is 1. The van der Waals surface area contributed by atoms with Gasteiger partial charge in [-0.25, -0.2) is 13.1 Å². The molecule has 1 aromatic carbocycles. The summed E-state index contributed by atoms with van der Waals surface area (Å²) in [6, 6.07) is 4.56. The van der Waals surface area contributed by atoms with Gasteiger partial charge in [-0.05, 0) is 50.8 Å². The van der Waals surface area contributed by atoms with E-state index in [1.807, 2.05) is 0 Å². The maximum absolute atomic E-state index is 11.8. The first-order chi connectivity index (χ1) is 9.42. The molecular formula is C14H22N2O3S. The highest BCUT2D eigenvalue weighted by atomic mass is 32.2. The van der Waals surface area contributed by atoms with Crippen LogP contribution in [0.5, 0.6) is 5.75 Å². The molecule has 0 heterocycles. The van der Waals surface area contributed by atoms with Crippen LogP contribution >= 0.6 is 0 Å². The smallest absolute Gasteiger partial charge is 0.240 e. The standard InChI is InChI=1S/C14H22N2O3S/c1-10-3-5-11(6-4-10)19-14-9-12(7-8-13(14)15)20(17,18)16-2/h7-11,16H,3-6,15H2,1-2H3. The number of hydrogen-bond donors (Lipinski definition) is 2. The predicted octanol–water partition coefficient (Wildman–Crippen LogP) is 2.13. The van der Waals surface area contributed by atoms with E-state index in [0.717, 1.165) is 31.6 Å². The third-order valence-corrected chi connectivity index (χ3v) is 5.23. The lowest BCUT2D eigenvalue weighted by atomic mass is 9.89. The van der Waals surface area contributed by atoms with Crippen LogP contribution < -0.4 is 15.2 Å². The van der Waals surface area contributed by atoms with Crippen molar-refractivity contribution in [1.82, 2.24) is 4.72 Å². The highest BCUT2D eigenvalue weighted by Crippen LogP contribution is 2.31. The maximum Gasteiger partial charge on any atom is 0.240 e. The van der Waals surface area contributed by atoms with Gasteiger partial charge in [0.1, 0.15) is 5.75 Å². The summed E-state index contributed by atoms with van der Waals surface area (Å²) in [5.41, 5.74) is 6.35. The summed E-state index contributed by atoms with van der Waals surface area (Å²) in [6.07, 6.45) is 4.38. The van der Waals surface area contributed by atoms with Gasteiger partial charge in [0.25, 0.3) is 0 Å². The minimum Gasteiger partial charge on any atom is -0.488 e. The molecule has 1 saturated carbocycles. The van der Waals surface area contributed by atoms with Crippen LogP contribution in [0.2, 0.25) is 0 Å². The van der Waals surface area contributed by atoms with Gasteiger partial charge < -0.3 is 10.5 Å². The van der Waals surface area contributed by atoms with E-state index in [2.05, 4.69) is 11.6 Å². The number of sulfonamides is 1. The summed E-state index contributed by atoms with van der Waals surface area (Å²) in [5, 5.41) is 0. The van der Waals surface area contributed by atoms with Gasteiger partial charge in [-0.2, -0.15) is 0 Å². The van der Waals surface area contributed by atoms with E-state index in [-0.39, 0.29) is 11.0 Å². The second-order valence-corrected chi connectivity index (χ2v) is 7.29. The first-order valence-corrected chi connectivity index (χ1v) is 8.40. The molecule has 0 aromatic heterocycles. The zero-order chi connectivity index (χ0) is 14.8. The molecule has 0 unspecified atom stereocenters. The fourth-order valence-corrected chi connectivity index (χ4v) is 3.17. The van der Waals surface area contributed by atoms with Crippen LogP contribution in [0.1, 0.15) is 32.6 Å². The molecule has 0 bridgehead atoms. The summed E-state index contributed by atoms with van der Waals surface area (Å²) in [4.78, 5) is 0.174. The molecule has 3 N–H and O–H groups in total. The molecule has 1 aliphatic carbocycles. The van der Waals surface area contributed by atoms with Crippen LogP contribution in [0.25, 0.3) is 0 Å². The zero-order valence-corrected chi connectivity index (χ0v) is 12.7. The van der Waals surface area contributed by atoms with Gasteiger partial charge in [-0.3, -0.25) is 0 Å². The maximum atomic E-state index is 11.8. The van der Waals surface area contributed by atoms with E-state index < -0.39 is 10.0 Å². The lowest BCUT2D eigenvalue weighted by Gasteiger charge is -2.27. The number of nitrogens with two attached hydrogens (primary N) is 1. The Kier molecular flexibility index (Phi) is 4.55. The van der Waals surface area contributed by atoms with Crippen molar-refractivity contribution in [1.29, 1.82) is 0 Å². The van der Waals surface area contributed by atoms with Gasteiger partial charge >= 0.3 is 0 Å². The van der Waals surface area contributed by atoms with Gasteiger partial charge in [-0.15, -0.1) is 0 Å². The Morgan fingerprint density at radius 2 is 1.90 bits per heavy atom. The molecule has 1 fully saturated rings. The number of ether oxygens (including phenoxy) is 1. The molecule has 1 aromatic rings. The minimum atomic E-state index is -3.47. The van der Waals surface area contributed by atoms with Crippen molar-refractivity contribution in [3.63, 3.8) is 0 Å². The highest BCUT2D eigenvalue weighted by molar-refractivity contribution is 7.89. The van der Waals surface area contributed by atoms with E-state index in [1.54, 1.807) is 6.07 Å². The van der Waals surface area contributed by atoms with Crippen molar-refractivity contribution in [2.75, 3.05) is 12.8 Å². The molecule has 1 aliphatic rings. The lowest BCUT2D eigenvalue weighted by molar-refractivity contribution is 0.136. The fraction of sp³-hybridized carbons (Fsp3) is 0.571. The van der Waals surface area contributed by atoms with Gasteiger partial charge in [0, 0.05) is 6.07 Å². The van der Waals surface area contributed by atoms with E-state index in [0.29, 0.717) is 11.4 Å². The Balaban J connectivity index is 2.17. The summed E-state index contributed by atoms with van der Waals surface area (Å²) in [7, 11) is -2.09. The van der Waals surface area contributed by atoms with Crippen LogP contribution in [-0.4, -0.2) is 21.6 Å². The second kappa shape index (κ2) is 6.01. The SMILES string of the molecule is CNS(=O)(=O)c1ccc(N)c(OC2CCC(C)CC2)c1. The van der Waals surface area contributed by atoms with Gasteiger partial charge in [-0.1, -0.05) is 6.92 Å². The number of benzene rings is 1. The quantitative estimate of drug-likeness (QED) is 0.834. The Morgan fingerprint density at radius 1 is 1.25 bits per heavy atom. The largest absolute Gasteiger partial charge is 0.488 e. The molecule has 0 atom stereocenters. The Bertz CT molecular complexity index is 564. The molecule has 20 heavy (non-hydrogen) atoms. The highest BCUT2D eigenvalue weighted by Gasteiger charge is 2.21. The van der Waals surface area contributed by atoms with Crippen molar-refractivity contribution in [3.05, 3.63) is 18.2 Å². The zero-order valence-electron chi connectivity index (χ0n) is 11.9. The van der Waals surface area contributed by atoms with E-state index in [4.69, 9.17) is 10.5 Å². The molecule has 5 nitrogen and oxygen atoms in total. The number of rotatable bonds is 4. The third kappa shape index (κ3) is 3.43. The molecular weight excluding hydrogens is 276 g/mol. The molecule has 0 aliphatic heterocycles. The molecule has 0 radical (unpaired) electrons. The third-order valence-electron chi connectivity index (χ3n) is 3.82. The van der Waals surface area contributed by atoms with Crippen LogP contribution in [-0.2, 0) is 10.0 Å². The number of anilines is 1. The average Bonchev–Trinajstić information content (AvgIpc) is 2.43. The first-order valence-electron chi connectivity index (χ1n) is 6.92. The predicted molar refractivity (Wildman–Crippen MR) is 79.1 cm³/mol. The van der Waals surface area contributed by atoms with Crippen LogP contribution in [0, 0.1) is 5.92 Å². The molecule has 6 heteroatoms. The average molecular weight is 298 g/mol. The molecule has 0 amide bonds. The topological polar surface area (TPSA) is 81.4 Å². The normalized spacial score (nSPS) is 23.5. The molecule has 0 spiro atoms. The monoisotopic (exact) mass is 298 g/mol. The van der Waals surface area contributed by atoms with Crippen molar-refractivity contribution in [3.8, 4) is 5.75 Å². The number of hydrogen-bond acceptors (Lipinski definition) is 4. The van der Waals surface area contributed by atoms with Crippen molar-refractivity contribution in [2.45, 2.75) is 43.6 Å². The van der Waals surface area contributed by atoms with Crippen LogP contribution in [0.15, 0.2) is 23.1 Å². The minimum absolute atomic E-state index is 0.126. The van der Waals surface area contributed by atoms with E-state index >= 15 is 0 Å². The Hall–Kier alpha value is -1.27. The second-order valence-electron chi connectivity index (χ2n) is 5.41. The van der Waals surface area contributed by atoms with E-state index in [9.17, 15) is 8.42 Å². The number of nitrogens with one attached hydrogen (secondary N) is 1. The van der Waals surface area contributed by atoms with Crippen molar-refractivity contribution >= 4 is 15.7 Å². The van der Waals surface area contributed by atoms with E-state index in [1.165, 1.54) is 19.2 Å². The molecule has 112 valence electrons. The summed E-state index contributed by atoms with van der Waals surface area (Å²) in [5.74, 6) is 1.20. The van der Waals surface area contributed by atoms with Gasteiger partial charge in [0.05, 0.1) is 16.7 Å². The summed E-state index contributed by atoms with van der Waals surface area (Å²) >= 11 is 0. The molecule has 2 rings (SSSR count). The van der Waals surface area contributed by atoms with Gasteiger partial charge in [0.15, 0.2) is 0 Å². The molecule has 0 saturated heterocycles. The van der Waals surface area contributed by atoms with Crippen molar-refractivity contribution < 1.29 is 13.2 Å².